The van der Waals surface area contributed by atoms with Crippen molar-refractivity contribution in [3.05, 3.63) is 34.6 Å². The summed E-state index contributed by atoms with van der Waals surface area (Å²) in [7, 11) is 0. The Balaban J connectivity index is 0.000000337. The average molecular weight is 227 g/mol. The summed E-state index contributed by atoms with van der Waals surface area (Å²) in [4.78, 5) is 11.4. The van der Waals surface area contributed by atoms with E-state index in [1.54, 1.807) is 13.0 Å². The molecule has 0 saturated heterocycles. The zero-order valence-electron chi connectivity index (χ0n) is 8.38. The van der Waals surface area contributed by atoms with Crippen LogP contribution in [0.15, 0.2) is 29.1 Å². The van der Waals surface area contributed by atoms with Gasteiger partial charge < -0.3 is 10.2 Å². The van der Waals surface area contributed by atoms with Gasteiger partial charge in [-0.1, -0.05) is 23.7 Å². The van der Waals surface area contributed by atoms with E-state index in [-0.39, 0.29) is 18.9 Å². The van der Waals surface area contributed by atoms with Gasteiger partial charge in [0.2, 0.25) is 0 Å². The molecule has 0 unspecified atom stereocenters. The SMILES string of the molecule is CCO.O=c1c2ccccc2sn1CO. The van der Waals surface area contributed by atoms with E-state index in [1.165, 1.54) is 15.5 Å². The summed E-state index contributed by atoms with van der Waals surface area (Å²) < 4.78 is 2.24. The predicted octanol–water partition coefficient (Wildman–Crippen LogP) is 1.01. The van der Waals surface area contributed by atoms with Crippen LogP contribution in [0.25, 0.3) is 10.1 Å². The van der Waals surface area contributed by atoms with Crippen LogP contribution in [-0.4, -0.2) is 20.8 Å². The number of hydrogen-bond acceptors (Lipinski definition) is 4. The molecule has 0 radical (unpaired) electrons. The van der Waals surface area contributed by atoms with Gasteiger partial charge in [-0.2, -0.15) is 0 Å². The Morgan fingerprint density at radius 3 is 2.47 bits per heavy atom. The topological polar surface area (TPSA) is 62.5 Å². The Kier molecular flexibility index (Phi) is 4.48. The van der Waals surface area contributed by atoms with Crippen LogP contribution in [0.1, 0.15) is 6.92 Å². The summed E-state index contributed by atoms with van der Waals surface area (Å²) in [6.07, 6.45) is 0. The molecule has 1 aromatic carbocycles. The fourth-order valence-corrected chi connectivity index (χ4v) is 1.98. The summed E-state index contributed by atoms with van der Waals surface area (Å²) >= 11 is 1.28. The zero-order chi connectivity index (χ0) is 11.3. The fourth-order valence-electron chi connectivity index (χ4n) is 1.11. The van der Waals surface area contributed by atoms with Crippen LogP contribution in [-0.2, 0) is 6.73 Å². The molecule has 5 heteroatoms. The highest BCUT2D eigenvalue weighted by Gasteiger charge is 2.03. The van der Waals surface area contributed by atoms with Crippen LogP contribution in [0.4, 0.5) is 0 Å². The van der Waals surface area contributed by atoms with Crippen molar-refractivity contribution in [2.24, 2.45) is 0 Å². The molecule has 0 aliphatic rings. The van der Waals surface area contributed by atoms with Crippen LogP contribution in [0.2, 0.25) is 0 Å². The smallest absolute Gasteiger partial charge is 0.270 e. The number of aromatic nitrogens is 1. The van der Waals surface area contributed by atoms with Crippen molar-refractivity contribution in [3.63, 3.8) is 0 Å². The monoisotopic (exact) mass is 227 g/mol. The van der Waals surface area contributed by atoms with Crippen molar-refractivity contribution < 1.29 is 10.2 Å². The minimum absolute atomic E-state index is 0.113. The Morgan fingerprint density at radius 2 is 1.93 bits per heavy atom. The molecule has 0 atom stereocenters. The van der Waals surface area contributed by atoms with Gasteiger partial charge in [0.05, 0.1) is 10.1 Å². The minimum Gasteiger partial charge on any atom is -0.397 e. The molecule has 0 spiro atoms. The third-order valence-corrected chi connectivity index (χ3v) is 2.74. The first kappa shape index (κ1) is 11.9. The summed E-state index contributed by atoms with van der Waals surface area (Å²) in [5, 5.41) is 17.0. The Labute approximate surface area is 91.2 Å². The molecule has 4 nitrogen and oxygen atoms in total. The van der Waals surface area contributed by atoms with Crippen molar-refractivity contribution in [1.82, 2.24) is 3.96 Å². The standard InChI is InChI=1S/C8H7NO2S.C2H6O/c10-5-9-8(11)6-3-1-2-4-7(6)12-9;1-2-3/h1-4,10H,5H2;3H,2H2,1H3. The lowest BCUT2D eigenvalue weighted by atomic mass is 10.3. The molecule has 15 heavy (non-hydrogen) atoms. The number of rotatable bonds is 1. The maximum Gasteiger partial charge on any atom is 0.270 e. The van der Waals surface area contributed by atoms with E-state index >= 15 is 0 Å². The van der Waals surface area contributed by atoms with Crippen LogP contribution >= 0.6 is 11.5 Å². The number of nitrogens with zero attached hydrogens (tertiary/aromatic N) is 1. The zero-order valence-corrected chi connectivity index (χ0v) is 9.20. The van der Waals surface area contributed by atoms with Crippen LogP contribution in [0.5, 0.6) is 0 Å². The third kappa shape index (κ3) is 2.65. The van der Waals surface area contributed by atoms with Crippen molar-refractivity contribution in [3.8, 4) is 0 Å². The van der Waals surface area contributed by atoms with Gasteiger partial charge in [-0.05, 0) is 19.1 Å². The molecule has 0 bridgehead atoms. The maximum absolute atomic E-state index is 11.4. The second-order valence-electron chi connectivity index (χ2n) is 2.73. The van der Waals surface area contributed by atoms with Crippen molar-refractivity contribution in [1.29, 1.82) is 0 Å². The van der Waals surface area contributed by atoms with E-state index in [0.29, 0.717) is 5.39 Å². The molecule has 0 aliphatic carbocycles. The second-order valence-corrected chi connectivity index (χ2v) is 3.79. The lowest BCUT2D eigenvalue weighted by molar-refractivity contribution is 0.219. The quantitative estimate of drug-likeness (QED) is 0.764. The maximum atomic E-state index is 11.4. The molecule has 0 saturated carbocycles. The van der Waals surface area contributed by atoms with Gasteiger partial charge in [-0.3, -0.25) is 4.79 Å². The Hall–Kier alpha value is -1.17. The van der Waals surface area contributed by atoms with E-state index in [2.05, 4.69) is 0 Å². The highest BCUT2D eigenvalue weighted by molar-refractivity contribution is 7.13. The van der Waals surface area contributed by atoms with Crippen molar-refractivity contribution in [2.75, 3.05) is 6.61 Å². The van der Waals surface area contributed by atoms with E-state index in [9.17, 15) is 4.79 Å². The molecule has 2 rings (SSSR count). The Morgan fingerprint density at radius 1 is 1.33 bits per heavy atom. The third-order valence-electron chi connectivity index (χ3n) is 1.68. The normalized spacial score (nSPS) is 9.80. The molecule has 1 aromatic heterocycles. The lowest BCUT2D eigenvalue weighted by Gasteiger charge is -1.86. The van der Waals surface area contributed by atoms with Gasteiger partial charge in [-0.25, -0.2) is 3.96 Å². The van der Waals surface area contributed by atoms with Gasteiger partial charge in [0.25, 0.3) is 5.56 Å². The van der Waals surface area contributed by atoms with E-state index in [4.69, 9.17) is 10.2 Å². The molecule has 82 valence electrons. The van der Waals surface area contributed by atoms with Gasteiger partial charge in [0.15, 0.2) is 0 Å². The summed E-state index contributed by atoms with van der Waals surface area (Å²) in [6, 6.07) is 7.33. The summed E-state index contributed by atoms with van der Waals surface area (Å²) in [6.45, 7) is 1.69. The van der Waals surface area contributed by atoms with E-state index in [1.807, 2.05) is 18.2 Å². The van der Waals surface area contributed by atoms with Crippen LogP contribution in [0.3, 0.4) is 0 Å². The number of aliphatic hydroxyl groups is 2. The van der Waals surface area contributed by atoms with Crippen LogP contribution in [0, 0.1) is 0 Å². The molecule has 0 amide bonds. The first-order valence-corrected chi connectivity index (χ1v) is 5.32. The van der Waals surface area contributed by atoms with Gasteiger partial charge in [0, 0.05) is 6.61 Å². The minimum atomic E-state index is -0.238. The summed E-state index contributed by atoms with van der Waals surface area (Å²) in [5.41, 5.74) is -0.113. The first-order chi connectivity index (χ1) is 7.24. The number of benzene rings is 1. The molecule has 2 N–H and O–H groups in total. The number of fused-ring (bicyclic) bond motifs is 1. The van der Waals surface area contributed by atoms with E-state index < -0.39 is 0 Å². The second kappa shape index (κ2) is 5.65. The molecule has 0 fully saturated rings. The molecular weight excluding hydrogens is 214 g/mol. The molecule has 1 heterocycles. The van der Waals surface area contributed by atoms with Crippen molar-refractivity contribution in [2.45, 2.75) is 13.7 Å². The number of aliphatic hydroxyl groups excluding tert-OH is 2. The highest BCUT2D eigenvalue weighted by Crippen LogP contribution is 2.14. The average Bonchev–Trinajstić information content (AvgIpc) is 2.57. The van der Waals surface area contributed by atoms with Crippen LogP contribution < -0.4 is 5.56 Å². The summed E-state index contributed by atoms with van der Waals surface area (Å²) in [5.74, 6) is 0. The first-order valence-electron chi connectivity index (χ1n) is 4.55. The Bertz CT molecular complexity index is 475. The molecule has 0 aliphatic heterocycles. The fraction of sp³-hybridized carbons (Fsp3) is 0.300. The van der Waals surface area contributed by atoms with Crippen molar-refractivity contribution >= 4 is 21.6 Å². The molecular formula is C10H13NO3S. The number of hydrogen-bond donors (Lipinski definition) is 2. The van der Waals surface area contributed by atoms with E-state index in [0.717, 1.165) is 4.70 Å². The highest BCUT2D eigenvalue weighted by atomic mass is 32.1. The van der Waals surface area contributed by atoms with Gasteiger partial charge >= 0.3 is 0 Å². The molecule has 2 aromatic rings. The van der Waals surface area contributed by atoms with Gasteiger partial charge in [-0.15, -0.1) is 0 Å². The van der Waals surface area contributed by atoms with Gasteiger partial charge in [0.1, 0.15) is 6.73 Å². The predicted molar refractivity (Wildman–Crippen MR) is 61.1 cm³/mol. The lowest BCUT2D eigenvalue weighted by Crippen LogP contribution is -2.12. The largest absolute Gasteiger partial charge is 0.397 e.